The SMILES string of the molecule is C/C=C(\C=C(/OC)O[Si](C)(C)C)OC. The zero-order valence-corrected chi connectivity index (χ0v) is 10.9. The summed E-state index contributed by atoms with van der Waals surface area (Å²) in [5.41, 5.74) is 0. The Morgan fingerprint density at radius 2 is 1.64 bits per heavy atom. The lowest BCUT2D eigenvalue weighted by atomic mass is 10.4. The highest BCUT2D eigenvalue weighted by molar-refractivity contribution is 6.69. The van der Waals surface area contributed by atoms with E-state index in [0.29, 0.717) is 5.95 Å². The van der Waals surface area contributed by atoms with Gasteiger partial charge in [-0.3, -0.25) is 0 Å². The first-order valence-electron chi connectivity index (χ1n) is 4.58. The third-order valence-corrected chi connectivity index (χ3v) is 2.20. The summed E-state index contributed by atoms with van der Waals surface area (Å²) in [6.45, 7) is 8.20. The van der Waals surface area contributed by atoms with E-state index in [0.717, 1.165) is 5.76 Å². The molecule has 0 saturated carbocycles. The maximum absolute atomic E-state index is 5.68. The molecule has 3 nitrogen and oxygen atoms in total. The van der Waals surface area contributed by atoms with Crippen LogP contribution in [0, 0.1) is 0 Å². The maximum Gasteiger partial charge on any atom is 0.268 e. The third-order valence-electron chi connectivity index (χ3n) is 1.39. The van der Waals surface area contributed by atoms with E-state index in [1.54, 1.807) is 20.3 Å². The van der Waals surface area contributed by atoms with Crippen LogP contribution in [0.2, 0.25) is 19.6 Å². The van der Waals surface area contributed by atoms with Crippen molar-refractivity contribution in [3.63, 3.8) is 0 Å². The molecule has 0 saturated heterocycles. The molecule has 0 aliphatic heterocycles. The fourth-order valence-electron chi connectivity index (χ4n) is 0.808. The van der Waals surface area contributed by atoms with Crippen LogP contribution in [0.4, 0.5) is 0 Å². The Labute approximate surface area is 87.5 Å². The highest BCUT2D eigenvalue weighted by Crippen LogP contribution is 2.13. The van der Waals surface area contributed by atoms with Gasteiger partial charge in [0.25, 0.3) is 5.95 Å². The fraction of sp³-hybridized carbons (Fsp3) is 0.600. The molecule has 0 amide bonds. The van der Waals surface area contributed by atoms with Gasteiger partial charge in [0, 0.05) is 0 Å². The molecule has 4 heteroatoms. The Kier molecular flexibility index (Phi) is 5.38. The summed E-state index contributed by atoms with van der Waals surface area (Å²) in [5, 5.41) is 0. The lowest BCUT2D eigenvalue weighted by molar-refractivity contribution is 0.144. The molecule has 0 rings (SSSR count). The van der Waals surface area contributed by atoms with Gasteiger partial charge in [0.15, 0.2) is 0 Å². The Morgan fingerprint density at radius 1 is 1.07 bits per heavy atom. The average Bonchev–Trinajstić information content (AvgIpc) is 2.10. The molecule has 0 heterocycles. The van der Waals surface area contributed by atoms with Crippen molar-refractivity contribution in [3.05, 3.63) is 23.9 Å². The van der Waals surface area contributed by atoms with Gasteiger partial charge >= 0.3 is 0 Å². The second kappa shape index (κ2) is 5.75. The average molecular weight is 216 g/mol. The van der Waals surface area contributed by atoms with Crippen LogP contribution < -0.4 is 0 Å². The molecule has 0 unspecified atom stereocenters. The molecule has 14 heavy (non-hydrogen) atoms. The van der Waals surface area contributed by atoms with Crippen molar-refractivity contribution in [1.82, 2.24) is 0 Å². The number of hydrogen-bond acceptors (Lipinski definition) is 3. The molecule has 0 atom stereocenters. The Hall–Kier alpha value is -0.903. The monoisotopic (exact) mass is 216 g/mol. The van der Waals surface area contributed by atoms with Gasteiger partial charge in [0.05, 0.1) is 20.3 Å². The fourth-order valence-corrected chi connectivity index (χ4v) is 1.55. The van der Waals surface area contributed by atoms with E-state index in [1.807, 2.05) is 13.0 Å². The number of rotatable bonds is 5. The van der Waals surface area contributed by atoms with Crippen LogP contribution in [0.5, 0.6) is 0 Å². The topological polar surface area (TPSA) is 27.7 Å². The predicted octanol–water partition coefficient (Wildman–Crippen LogP) is 2.88. The highest BCUT2D eigenvalue weighted by atomic mass is 28.4. The van der Waals surface area contributed by atoms with Gasteiger partial charge in [-0.05, 0) is 32.6 Å². The van der Waals surface area contributed by atoms with Crippen molar-refractivity contribution in [2.45, 2.75) is 26.6 Å². The van der Waals surface area contributed by atoms with Gasteiger partial charge in [0.1, 0.15) is 5.76 Å². The van der Waals surface area contributed by atoms with E-state index in [2.05, 4.69) is 19.6 Å². The van der Waals surface area contributed by atoms with Crippen LogP contribution in [0.25, 0.3) is 0 Å². The lowest BCUT2D eigenvalue weighted by Gasteiger charge is -2.20. The third kappa shape index (κ3) is 5.69. The van der Waals surface area contributed by atoms with Gasteiger partial charge in [0.2, 0.25) is 8.32 Å². The van der Waals surface area contributed by atoms with Crippen molar-refractivity contribution >= 4 is 8.32 Å². The van der Waals surface area contributed by atoms with E-state index < -0.39 is 8.32 Å². The molecular formula is C10H20O3Si. The van der Waals surface area contributed by atoms with Crippen LogP contribution in [0.1, 0.15) is 6.92 Å². The van der Waals surface area contributed by atoms with Crippen LogP contribution in [-0.4, -0.2) is 22.5 Å². The first-order valence-corrected chi connectivity index (χ1v) is 7.98. The summed E-state index contributed by atoms with van der Waals surface area (Å²) >= 11 is 0. The summed E-state index contributed by atoms with van der Waals surface area (Å²) in [4.78, 5) is 0. The van der Waals surface area contributed by atoms with Crippen molar-refractivity contribution in [2.24, 2.45) is 0 Å². The first kappa shape index (κ1) is 13.1. The zero-order chi connectivity index (χ0) is 11.2. The minimum Gasteiger partial charge on any atom is -0.520 e. The predicted molar refractivity (Wildman–Crippen MR) is 60.3 cm³/mol. The first-order chi connectivity index (χ1) is 6.42. The Balaban J connectivity index is 4.55. The van der Waals surface area contributed by atoms with Gasteiger partial charge in [-0.25, -0.2) is 0 Å². The second-order valence-corrected chi connectivity index (χ2v) is 8.21. The summed E-state index contributed by atoms with van der Waals surface area (Å²) < 4.78 is 15.9. The largest absolute Gasteiger partial charge is 0.520 e. The van der Waals surface area contributed by atoms with Crippen LogP contribution >= 0.6 is 0 Å². The summed E-state index contributed by atoms with van der Waals surface area (Å²) in [6.07, 6.45) is 3.60. The van der Waals surface area contributed by atoms with Crippen LogP contribution in [-0.2, 0) is 13.9 Å². The minimum absolute atomic E-state index is 0.513. The molecule has 0 aromatic carbocycles. The van der Waals surface area contributed by atoms with Gasteiger partial charge in [-0.2, -0.15) is 0 Å². The Morgan fingerprint density at radius 3 is 1.93 bits per heavy atom. The normalized spacial score (nSPS) is 13.9. The van der Waals surface area contributed by atoms with Gasteiger partial charge < -0.3 is 13.9 Å². The van der Waals surface area contributed by atoms with Crippen LogP contribution in [0.3, 0.4) is 0 Å². The molecule has 82 valence electrons. The Bertz CT molecular complexity index is 226. The number of hydrogen-bond donors (Lipinski definition) is 0. The van der Waals surface area contributed by atoms with Crippen molar-refractivity contribution in [2.75, 3.05) is 14.2 Å². The molecular weight excluding hydrogens is 196 g/mol. The van der Waals surface area contributed by atoms with Crippen molar-refractivity contribution < 1.29 is 13.9 Å². The molecule has 0 aliphatic rings. The molecule has 0 spiro atoms. The van der Waals surface area contributed by atoms with E-state index in [1.165, 1.54) is 0 Å². The standard InChI is InChI=1S/C10H20O3Si/c1-7-9(11-2)8-10(12-3)13-14(4,5)6/h7-8H,1-6H3/b9-7+,10-8+. The zero-order valence-electron chi connectivity index (χ0n) is 9.88. The molecule has 0 fully saturated rings. The lowest BCUT2D eigenvalue weighted by Crippen LogP contribution is -2.25. The molecule has 0 aliphatic carbocycles. The maximum atomic E-state index is 5.68. The molecule has 0 bridgehead atoms. The number of allylic oxidation sites excluding steroid dienone is 2. The number of methoxy groups -OCH3 is 2. The van der Waals surface area contributed by atoms with Crippen molar-refractivity contribution in [3.8, 4) is 0 Å². The molecule has 0 radical (unpaired) electrons. The molecule has 0 aromatic rings. The van der Waals surface area contributed by atoms with Gasteiger partial charge in [-0.15, -0.1) is 0 Å². The second-order valence-electron chi connectivity index (χ2n) is 3.78. The molecule has 0 aromatic heterocycles. The van der Waals surface area contributed by atoms with E-state index in [4.69, 9.17) is 13.9 Å². The number of ether oxygens (including phenoxy) is 2. The molecule has 0 N–H and O–H groups in total. The summed E-state index contributed by atoms with van der Waals surface area (Å²) in [7, 11) is 1.60. The van der Waals surface area contributed by atoms with E-state index in [-0.39, 0.29) is 0 Å². The van der Waals surface area contributed by atoms with Crippen molar-refractivity contribution in [1.29, 1.82) is 0 Å². The van der Waals surface area contributed by atoms with E-state index in [9.17, 15) is 0 Å². The van der Waals surface area contributed by atoms with Gasteiger partial charge in [-0.1, -0.05) is 0 Å². The smallest absolute Gasteiger partial charge is 0.268 e. The summed E-state index contributed by atoms with van der Waals surface area (Å²) in [5.74, 6) is 1.25. The van der Waals surface area contributed by atoms with Crippen LogP contribution in [0.15, 0.2) is 23.9 Å². The quantitative estimate of drug-likeness (QED) is 0.402. The highest BCUT2D eigenvalue weighted by Gasteiger charge is 2.18. The minimum atomic E-state index is -1.61. The summed E-state index contributed by atoms with van der Waals surface area (Å²) in [6, 6.07) is 0. The van der Waals surface area contributed by atoms with E-state index >= 15 is 0 Å².